The topological polar surface area (TPSA) is 61.4 Å². The molecular formula is C15H22N2O2. The molecule has 1 aromatic carbocycles. The van der Waals surface area contributed by atoms with Crippen LogP contribution in [0.4, 0.5) is 10.5 Å². The van der Waals surface area contributed by atoms with Gasteiger partial charge in [0.2, 0.25) is 0 Å². The second-order valence-electron chi connectivity index (χ2n) is 5.31. The molecule has 0 radical (unpaired) electrons. The number of hydrogen-bond donors (Lipinski definition) is 3. The fourth-order valence-electron chi connectivity index (χ4n) is 2.52. The molecule has 0 saturated heterocycles. The largest absolute Gasteiger partial charge is 0.391 e. The third-order valence-electron chi connectivity index (χ3n) is 3.73. The Balaban J connectivity index is 1.73. The van der Waals surface area contributed by atoms with Crippen molar-refractivity contribution >= 4 is 11.7 Å². The Kier molecular flexibility index (Phi) is 4.80. The van der Waals surface area contributed by atoms with Crippen molar-refractivity contribution in [2.45, 2.75) is 38.7 Å². The molecule has 1 aromatic rings. The van der Waals surface area contributed by atoms with E-state index in [4.69, 9.17) is 0 Å². The van der Waals surface area contributed by atoms with Gasteiger partial charge < -0.3 is 15.7 Å². The molecule has 0 spiro atoms. The van der Waals surface area contributed by atoms with Crippen LogP contribution in [0.15, 0.2) is 24.3 Å². The van der Waals surface area contributed by atoms with Crippen LogP contribution in [0, 0.1) is 12.8 Å². The third kappa shape index (κ3) is 4.24. The maximum atomic E-state index is 11.7. The molecule has 1 aliphatic rings. The smallest absolute Gasteiger partial charge is 0.319 e. The Hall–Kier alpha value is -1.55. The van der Waals surface area contributed by atoms with E-state index < -0.39 is 6.10 Å². The van der Waals surface area contributed by atoms with Crippen LogP contribution in [0.5, 0.6) is 0 Å². The first-order valence-electron chi connectivity index (χ1n) is 6.95. The number of anilines is 1. The quantitative estimate of drug-likeness (QED) is 0.781. The Bertz CT molecular complexity index is 411. The molecular weight excluding hydrogens is 240 g/mol. The summed E-state index contributed by atoms with van der Waals surface area (Å²) in [6.45, 7) is 2.32. The molecule has 19 heavy (non-hydrogen) atoms. The summed E-state index contributed by atoms with van der Waals surface area (Å²) < 4.78 is 0. The normalized spacial score (nSPS) is 17.2. The minimum atomic E-state index is -0.425. The minimum absolute atomic E-state index is 0.263. The number of amides is 2. The van der Waals surface area contributed by atoms with Crippen molar-refractivity contribution in [3.63, 3.8) is 0 Å². The molecule has 104 valence electrons. The first kappa shape index (κ1) is 13.9. The zero-order valence-corrected chi connectivity index (χ0v) is 11.4. The van der Waals surface area contributed by atoms with Gasteiger partial charge in [-0.3, -0.25) is 0 Å². The number of carbonyl (C=O) groups is 1. The number of benzene rings is 1. The van der Waals surface area contributed by atoms with Crippen molar-refractivity contribution in [3.8, 4) is 0 Å². The molecule has 3 N–H and O–H groups in total. The van der Waals surface area contributed by atoms with Gasteiger partial charge in [-0.25, -0.2) is 4.79 Å². The summed E-state index contributed by atoms with van der Waals surface area (Å²) in [6, 6.07) is 7.36. The average molecular weight is 262 g/mol. The van der Waals surface area contributed by atoms with Gasteiger partial charge in [0.1, 0.15) is 0 Å². The Morgan fingerprint density at radius 3 is 2.58 bits per heavy atom. The number of urea groups is 1. The summed E-state index contributed by atoms with van der Waals surface area (Å²) in [5.74, 6) is 0.347. The lowest BCUT2D eigenvalue weighted by atomic mass is 10.0. The fraction of sp³-hybridized carbons (Fsp3) is 0.533. The molecule has 0 aliphatic heterocycles. The number of aryl methyl sites for hydroxylation is 1. The molecule has 1 fully saturated rings. The molecule has 4 heteroatoms. The molecule has 1 atom stereocenters. The number of aliphatic hydroxyl groups is 1. The molecule has 4 nitrogen and oxygen atoms in total. The zero-order chi connectivity index (χ0) is 13.7. The predicted molar refractivity (Wildman–Crippen MR) is 76.2 cm³/mol. The summed E-state index contributed by atoms with van der Waals surface area (Å²) >= 11 is 0. The van der Waals surface area contributed by atoms with Crippen LogP contribution in [-0.2, 0) is 0 Å². The highest BCUT2D eigenvalue weighted by Crippen LogP contribution is 2.27. The molecule has 0 aromatic heterocycles. The van der Waals surface area contributed by atoms with Crippen LogP contribution in [-0.4, -0.2) is 23.8 Å². The van der Waals surface area contributed by atoms with Gasteiger partial charge in [-0.1, -0.05) is 30.5 Å². The van der Waals surface area contributed by atoms with E-state index in [9.17, 15) is 9.90 Å². The Morgan fingerprint density at radius 2 is 1.95 bits per heavy atom. The van der Waals surface area contributed by atoms with Gasteiger partial charge in [0.25, 0.3) is 0 Å². The van der Waals surface area contributed by atoms with E-state index >= 15 is 0 Å². The molecule has 2 amide bonds. The van der Waals surface area contributed by atoms with Crippen molar-refractivity contribution < 1.29 is 9.90 Å². The number of nitrogens with one attached hydrogen (secondary N) is 2. The van der Waals surface area contributed by atoms with E-state index in [1.165, 1.54) is 12.8 Å². The van der Waals surface area contributed by atoms with E-state index in [1.54, 1.807) is 0 Å². The van der Waals surface area contributed by atoms with Gasteiger partial charge in [-0.05, 0) is 37.8 Å². The first-order chi connectivity index (χ1) is 9.15. The van der Waals surface area contributed by atoms with E-state index in [2.05, 4.69) is 10.6 Å². The van der Waals surface area contributed by atoms with Crippen LogP contribution < -0.4 is 10.6 Å². The Morgan fingerprint density at radius 1 is 1.32 bits per heavy atom. The molecule has 1 aliphatic carbocycles. The highest BCUT2D eigenvalue weighted by atomic mass is 16.3. The highest BCUT2D eigenvalue weighted by molar-refractivity contribution is 5.89. The van der Waals surface area contributed by atoms with Crippen molar-refractivity contribution in [1.29, 1.82) is 0 Å². The van der Waals surface area contributed by atoms with Crippen LogP contribution in [0.2, 0.25) is 0 Å². The lowest BCUT2D eigenvalue weighted by Gasteiger charge is -2.18. The minimum Gasteiger partial charge on any atom is -0.391 e. The summed E-state index contributed by atoms with van der Waals surface area (Å²) in [6.07, 6.45) is 4.10. The van der Waals surface area contributed by atoms with Crippen LogP contribution in [0.3, 0.4) is 0 Å². The number of rotatable bonds is 4. The number of carbonyl (C=O) groups excluding carboxylic acids is 1. The maximum Gasteiger partial charge on any atom is 0.319 e. The number of aliphatic hydroxyl groups excluding tert-OH is 1. The lowest BCUT2D eigenvalue weighted by Crippen LogP contribution is -2.37. The van der Waals surface area contributed by atoms with E-state index in [0.29, 0.717) is 12.5 Å². The Labute approximate surface area is 114 Å². The van der Waals surface area contributed by atoms with Gasteiger partial charge in [0, 0.05) is 12.2 Å². The van der Waals surface area contributed by atoms with Gasteiger partial charge >= 0.3 is 6.03 Å². The maximum absolute atomic E-state index is 11.7. The van der Waals surface area contributed by atoms with Crippen LogP contribution in [0.1, 0.15) is 31.2 Å². The standard InChI is InChI=1S/C15H22N2O2/c1-11-6-8-13(9-7-11)17-15(19)16-10-14(18)12-4-2-3-5-12/h6-9,12,14,18H,2-5,10H2,1H3,(H2,16,17,19). The second kappa shape index (κ2) is 6.57. The predicted octanol–water partition coefficient (Wildman–Crippen LogP) is 2.67. The second-order valence-corrected chi connectivity index (χ2v) is 5.31. The molecule has 1 saturated carbocycles. The van der Waals surface area contributed by atoms with Crippen molar-refractivity contribution in [3.05, 3.63) is 29.8 Å². The molecule has 0 heterocycles. The van der Waals surface area contributed by atoms with E-state index in [0.717, 1.165) is 24.1 Å². The summed E-state index contributed by atoms with van der Waals surface area (Å²) in [5, 5.41) is 15.4. The van der Waals surface area contributed by atoms with Crippen LogP contribution in [0.25, 0.3) is 0 Å². The van der Waals surface area contributed by atoms with Gasteiger partial charge in [0.15, 0.2) is 0 Å². The van der Waals surface area contributed by atoms with Crippen molar-refractivity contribution in [2.75, 3.05) is 11.9 Å². The van der Waals surface area contributed by atoms with Crippen LogP contribution >= 0.6 is 0 Å². The SMILES string of the molecule is Cc1ccc(NC(=O)NCC(O)C2CCCC2)cc1. The van der Waals surface area contributed by atoms with Gasteiger partial charge in [-0.2, -0.15) is 0 Å². The highest BCUT2D eigenvalue weighted by Gasteiger charge is 2.23. The van der Waals surface area contributed by atoms with Crippen molar-refractivity contribution in [1.82, 2.24) is 5.32 Å². The molecule has 2 rings (SSSR count). The third-order valence-corrected chi connectivity index (χ3v) is 3.73. The van der Waals surface area contributed by atoms with Crippen molar-refractivity contribution in [2.24, 2.45) is 5.92 Å². The van der Waals surface area contributed by atoms with E-state index in [-0.39, 0.29) is 6.03 Å². The molecule has 1 unspecified atom stereocenters. The molecule has 0 bridgehead atoms. The van der Waals surface area contributed by atoms with Gasteiger partial charge in [0.05, 0.1) is 6.10 Å². The summed E-state index contributed by atoms with van der Waals surface area (Å²) in [5.41, 5.74) is 1.92. The summed E-state index contributed by atoms with van der Waals surface area (Å²) in [7, 11) is 0. The fourth-order valence-corrected chi connectivity index (χ4v) is 2.52. The average Bonchev–Trinajstić information content (AvgIpc) is 2.93. The zero-order valence-electron chi connectivity index (χ0n) is 11.4. The number of hydrogen-bond acceptors (Lipinski definition) is 2. The van der Waals surface area contributed by atoms with Gasteiger partial charge in [-0.15, -0.1) is 0 Å². The van der Waals surface area contributed by atoms with E-state index in [1.807, 2.05) is 31.2 Å². The lowest BCUT2D eigenvalue weighted by molar-refractivity contribution is 0.111. The summed E-state index contributed by atoms with van der Waals surface area (Å²) in [4.78, 5) is 11.7. The monoisotopic (exact) mass is 262 g/mol. The first-order valence-corrected chi connectivity index (χ1v) is 6.95.